The molecular formula is C16H10Cl2N2OS. The van der Waals surface area contributed by atoms with Crippen molar-refractivity contribution in [3.05, 3.63) is 69.0 Å². The first-order valence-electron chi connectivity index (χ1n) is 6.39. The summed E-state index contributed by atoms with van der Waals surface area (Å²) in [7, 11) is 0. The van der Waals surface area contributed by atoms with Crippen LogP contribution in [0.3, 0.4) is 0 Å². The van der Waals surface area contributed by atoms with Crippen LogP contribution in [0.25, 0.3) is 6.08 Å². The Morgan fingerprint density at radius 2 is 1.77 bits per heavy atom. The van der Waals surface area contributed by atoms with Gasteiger partial charge in [-0.25, -0.2) is 0 Å². The molecule has 1 N–H and O–H groups in total. The molecule has 0 bridgehead atoms. The van der Waals surface area contributed by atoms with E-state index < -0.39 is 0 Å². The Hall–Kier alpha value is -1.75. The Morgan fingerprint density at radius 3 is 2.45 bits per heavy atom. The molecule has 0 atom stereocenters. The van der Waals surface area contributed by atoms with Gasteiger partial charge in [0.1, 0.15) is 0 Å². The number of hydrogen-bond donors (Lipinski definition) is 1. The number of benzene rings is 2. The molecule has 3 nitrogen and oxygen atoms in total. The van der Waals surface area contributed by atoms with E-state index in [1.54, 1.807) is 24.3 Å². The van der Waals surface area contributed by atoms with Crippen molar-refractivity contribution in [3.63, 3.8) is 0 Å². The van der Waals surface area contributed by atoms with Gasteiger partial charge in [-0.1, -0.05) is 53.5 Å². The van der Waals surface area contributed by atoms with Gasteiger partial charge in [0, 0.05) is 0 Å². The molecule has 3 rings (SSSR count). The van der Waals surface area contributed by atoms with Crippen LogP contribution in [0.4, 0.5) is 5.69 Å². The van der Waals surface area contributed by atoms with Crippen molar-refractivity contribution in [1.29, 1.82) is 5.41 Å². The van der Waals surface area contributed by atoms with Gasteiger partial charge >= 0.3 is 0 Å². The molecule has 1 saturated heterocycles. The van der Waals surface area contributed by atoms with Gasteiger partial charge in [0.15, 0.2) is 5.17 Å². The molecule has 1 fully saturated rings. The molecular weight excluding hydrogens is 339 g/mol. The lowest BCUT2D eigenvalue weighted by Gasteiger charge is -2.14. The number of hydrogen-bond acceptors (Lipinski definition) is 3. The average Bonchev–Trinajstić information content (AvgIpc) is 2.78. The Morgan fingerprint density at radius 1 is 1.05 bits per heavy atom. The molecule has 0 aromatic heterocycles. The monoisotopic (exact) mass is 348 g/mol. The van der Waals surface area contributed by atoms with E-state index in [0.29, 0.717) is 20.6 Å². The van der Waals surface area contributed by atoms with Crippen LogP contribution >= 0.6 is 35.0 Å². The predicted molar refractivity (Wildman–Crippen MR) is 93.7 cm³/mol. The topological polar surface area (TPSA) is 44.2 Å². The molecule has 0 unspecified atom stereocenters. The molecule has 22 heavy (non-hydrogen) atoms. The van der Waals surface area contributed by atoms with Crippen LogP contribution in [0.2, 0.25) is 10.0 Å². The number of amides is 1. The predicted octanol–water partition coefficient (Wildman–Crippen LogP) is 5.05. The normalized spacial score (nSPS) is 16.6. The largest absolute Gasteiger partial charge is 0.278 e. The SMILES string of the molecule is N=C1S/C(=C\c2ccccc2)C(=O)N1c1ccc(Cl)c(Cl)c1. The maximum Gasteiger partial charge on any atom is 0.271 e. The van der Waals surface area contributed by atoms with E-state index in [9.17, 15) is 4.79 Å². The highest BCUT2D eigenvalue weighted by Crippen LogP contribution is 2.37. The van der Waals surface area contributed by atoms with E-state index in [2.05, 4.69) is 0 Å². The minimum Gasteiger partial charge on any atom is -0.278 e. The molecule has 1 aliphatic rings. The maximum atomic E-state index is 12.5. The first-order chi connectivity index (χ1) is 10.6. The molecule has 1 heterocycles. The first-order valence-corrected chi connectivity index (χ1v) is 7.96. The molecule has 110 valence electrons. The second kappa shape index (κ2) is 6.16. The van der Waals surface area contributed by atoms with Gasteiger partial charge in [0.2, 0.25) is 0 Å². The fourth-order valence-electron chi connectivity index (χ4n) is 2.05. The third-order valence-corrected chi connectivity index (χ3v) is 4.71. The van der Waals surface area contributed by atoms with Crippen LogP contribution < -0.4 is 4.90 Å². The van der Waals surface area contributed by atoms with Gasteiger partial charge in [-0.05, 0) is 41.6 Å². The number of rotatable bonds is 2. The van der Waals surface area contributed by atoms with E-state index in [4.69, 9.17) is 28.6 Å². The van der Waals surface area contributed by atoms with Gasteiger partial charge < -0.3 is 0 Å². The van der Waals surface area contributed by atoms with Crippen molar-refractivity contribution in [2.24, 2.45) is 0 Å². The second-order valence-corrected chi connectivity index (χ2v) is 6.41. The number of amidine groups is 1. The zero-order valence-electron chi connectivity index (χ0n) is 11.2. The Kier molecular flexibility index (Phi) is 4.25. The molecule has 0 radical (unpaired) electrons. The summed E-state index contributed by atoms with van der Waals surface area (Å²) in [5.74, 6) is -0.239. The van der Waals surface area contributed by atoms with Crippen LogP contribution in [0, 0.1) is 5.41 Å². The van der Waals surface area contributed by atoms with Gasteiger partial charge in [-0.15, -0.1) is 0 Å². The number of nitrogens with one attached hydrogen (secondary N) is 1. The van der Waals surface area contributed by atoms with E-state index in [1.807, 2.05) is 30.3 Å². The Balaban J connectivity index is 1.95. The zero-order valence-corrected chi connectivity index (χ0v) is 13.5. The van der Waals surface area contributed by atoms with Crippen molar-refractivity contribution >= 4 is 57.8 Å². The summed E-state index contributed by atoms with van der Waals surface area (Å²) in [4.78, 5) is 14.4. The average molecular weight is 349 g/mol. The number of carbonyl (C=O) groups is 1. The number of anilines is 1. The van der Waals surface area contributed by atoms with Crippen LogP contribution in [0.15, 0.2) is 53.4 Å². The molecule has 2 aromatic rings. The number of thioether (sulfide) groups is 1. The molecule has 0 aliphatic carbocycles. The molecule has 0 spiro atoms. The van der Waals surface area contributed by atoms with Crippen LogP contribution in [-0.4, -0.2) is 11.1 Å². The quantitative estimate of drug-likeness (QED) is 0.771. The number of nitrogens with zero attached hydrogens (tertiary/aromatic N) is 1. The molecule has 2 aromatic carbocycles. The number of halogens is 2. The van der Waals surface area contributed by atoms with Crippen molar-refractivity contribution in [2.75, 3.05) is 4.90 Å². The summed E-state index contributed by atoms with van der Waals surface area (Å²) in [5, 5.41) is 8.95. The number of carbonyl (C=O) groups excluding carboxylic acids is 1. The summed E-state index contributed by atoms with van der Waals surface area (Å²) < 4.78 is 0. The molecule has 6 heteroatoms. The Bertz CT molecular complexity index is 790. The van der Waals surface area contributed by atoms with Crippen LogP contribution in [0.5, 0.6) is 0 Å². The molecule has 1 aliphatic heterocycles. The van der Waals surface area contributed by atoms with Crippen molar-refractivity contribution < 1.29 is 4.79 Å². The van der Waals surface area contributed by atoms with E-state index >= 15 is 0 Å². The van der Waals surface area contributed by atoms with E-state index in [-0.39, 0.29) is 11.1 Å². The fraction of sp³-hybridized carbons (Fsp3) is 0. The van der Waals surface area contributed by atoms with Crippen molar-refractivity contribution in [2.45, 2.75) is 0 Å². The smallest absolute Gasteiger partial charge is 0.271 e. The third kappa shape index (κ3) is 2.90. The lowest BCUT2D eigenvalue weighted by Crippen LogP contribution is -2.28. The second-order valence-electron chi connectivity index (χ2n) is 4.57. The van der Waals surface area contributed by atoms with Crippen molar-refractivity contribution in [1.82, 2.24) is 0 Å². The van der Waals surface area contributed by atoms with Gasteiger partial charge in [-0.2, -0.15) is 0 Å². The molecule has 0 saturated carbocycles. The van der Waals surface area contributed by atoms with Crippen molar-refractivity contribution in [3.8, 4) is 0 Å². The highest BCUT2D eigenvalue weighted by Gasteiger charge is 2.33. The van der Waals surface area contributed by atoms with Gasteiger partial charge in [0.05, 0.1) is 20.6 Å². The fourth-order valence-corrected chi connectivity index (χ4v) is 3.20. The van der Waals surface area contributed by atoms with Gasteiger partial charge in [0.25, 0.3) is 5.91 Å². The standard InChI is InChI=1S/C16H10Cl2N2OS/c17-12-7-6-11(9-13(12)18)20-15(21)14(22-16(20)19)8-10-4-2-1-3-5-10/h1-9,19H/b14-8-,19-16?. The lowest BCUT2D eigenvalue weighted by atomic mass is 10.2. The summed E-state index contributed by atoms with van der Waals surface area (Å²) >= 11 is 13.0. The highest BCUT2D eigenvalue weighted by atomic mass is 35.5. The van der Waals surface area contributed by atoms with E-state index in [0.717, 1.165) is 17.3 Å². The van der Waals surface area contributed by atoms with Gasteiger partial charge in [-0.3, -0.25) is 15.1 Å². The summed E-state index contributed by atoms with van der Waals surface area (Å²) in [5.41, 5.74) is 1.45. The minimum atomic E-state index is -0.239. The summed E-state index contributed by atoms with van der Waals surface area (Å²) in [6.45, 7) is 0. The van der Waals surface area contributed by atoms with Crippen LogP contribution in [0.1, 0.15) is 5.56 Å². The Labute approximate surface area is 142 Å². The minimum absolute atomic E-state index is 0.144. The first kappa shape index (κ1) is 15.2. The third-order valence-electron chi connectivity index (χ3n) is 3.08. The zero-order chi connectivity index (χ0) is 15.7. The van der Waals surface area contributed by atoms with Crippen LogP contribution in [-0.2, 0) is 4.79 Å². The summed E-state index contributed by atoms with van der Waals surface area (Å²) in [6.07, 6.45) is 1.78. The summed E-state index contributed by atoms with van der Waals surface area (Å²) in [6, 6.07) is 14.4. The maximum absolute atomic E-state index is 12.5. The molecule has 1 amide bonds. The lowest BCUT2D eigenvalue weighted by molar-refractivity contribution is -0.113. The highest BCUT2D eigenvalue weighted by molar-refractivity contribution is 8.19. The van der Waals surface area contributed by atoms with E-state index in [1.165, 1.54) is 4.90 Å².